The summed E-state index contributed by atoms with van der Waals surface area (Å²) in [5.74, 6) is -1.01. The van der Waals surface area contributed by atoms with Crippen molar-refractivity contribution in [3.8, 4) is 0 Å². The molecule has 7 N–H and O–H groups in total. The molecule has 0 bridgehead atoms. The zero-order valence-corrected chi connectivity index (χ0v) is 24.4. The van der Waals surface area contributed by atoms with Crippen molar-refractivity contribution in [1.82, 2.24) is 0 Å². The van der Waals surface area contributed by atoms with Gasteiger partial charge < -0.3 is 45.4 Å². The molecule has 0 aliphatic heterocycles. The van der Waals surface area contributed by atoms with Crippen molar-refractivity contribution in [3.05, 3.63) is 71.3 Å². The number of hydrogen-bond donors (Lipinski definition) is 7. The quantitative estimate of drug-likeness (QED) is 0.131. The fraction of sp³-hybridized carbons (Fsp3) is 0.250. The van der Waals surface area contributed by atoms with E-state index >= 15 is 0 Å². The predicted molar refractivity (Wildman–Crippen MR) is 166 cm³/mol. The predicted octanol–water partition coefficient (Wildman–Crippen LogP) is -0.387. The highest BCUT2D eigenvalue weighted by molar-refractivity contribution is 6.79. The molecule has 3 rings (SSSR count). The van der Waals surface area contributed by atoms with Gasteiger partial charge in [0.2, 0.25) is 17.7 Å². The molecule has 0 radical (unpaired) electrons. The van der Waals surface area contributed by atoms with Gasteiger partial charge in [0.1, 0.15) is 0 Å². The Morgan fingerprint density at radius 1 is 0.628 bits per heavy atom. The van der Waals surface area contributed by atoms with Crippen molar-refractivity contribution in [2.45, 2.75) is 47.3 Å². The van der Waals surface area contributed by atoms with Crippen molar-refractivity contribution < 1.29 is 43.8 Å². The molecule has 0 saturated heterocycles. The van der Waals surface area contributed by atoms with Crippen LogP contribution in [0.4, 0.5) is 17.1 Å². The van der Waals surface area contributed by atoms with E-state index in [1.54, 1.807) is 30.3 Å². The topological polar surface area (TPSA) is 187 Å². The van der Waals surface area contributed by atoms with Gasteiger partial charge in [-0.3, -0.25) is 14.4 Å². The first-order valence-electron chi connectivity index (χ1n) is 13.6. The van der Waals surface area contributed by atoms with Gasteiger partial charge >= 0.3 is 21.4 Å². The molecule has 43 heavy (non-hydrogen) atoms. The fourth-order valence-electron chi connectivity index (χ4n) is 4.48. The molecular weight excluding hydrogens is 555 g/mol. The second kappa shape index (κ2) is 15.5. The third kappa shape index (κ3) is 9.25. The van der Waals surface area contributed by atoms with Gasteiger partial charge in [-0.15, -0.1) is 0 Å². The number of carbonyl (C=O) groups excluding carboxylic acids is 3. The Morgan fingerprint density at radius 2 is 0.977 bits per heavy atom. The molecule has 0 spiro atoms. The molecule has 0 unspecified atom stereocenters. The number of anilines is 3. The van der Waals surface area contributed by atoms with Gasteiger partial charge in [0.25, 0.3) is 0 Å². The summed E-state index contributed by atoms with van der Waals surface area (Å²) >= 11 is 0. The molecule has 3 aromatic carbocycles. The monoisotopic (exact) mass is 589 g/mol. The number of hydrogen-bond acceptors (Lipinski definition) is 9. The molecule has 12 nitrogen and oxygen atoms in total. The average molecular weight is 589 g/mol. The van der Waals surface area contributed by atoms with Crippen LogP contribution in [-0.4, -0.2) is 59.3 Å². The maximum absolute atomic E-state index is 11.7. The van der Waals surface area contributed by atoms with Crippen LogP contribution in [0.1, 0.15) is 44.4 Å². The van der Waals surface area contributed by atoms with E-state index in [9.17, 15) is 34.6 Å². The first kappa shape index (κ1) is 33.5. The third-order valence-corrected chi connectivity index (χ3v) is 6.41. The van der Waals surface area contributed by atoms with Gasteiger partial charge in [-0.1, -0.05) is 25.1 Å². The minimum atomic E-state index is -1.75. The number of benzene rings is 3. The minimum Gasteiger partial charge on any atom is -0.444 e. The Morgan fingerprint density at radius 3 is 1.35 bits per heavy atom. The van der Waals surface area contributed by atoms with Gasteiger partial charge in [-0.05, 0) is 75.9 Å². The average Bonchev–Trinajstić information content (AvgIpc) is 2.95. The Balaban J connectivity index is 2.09. The van der Waals surface area contributed by atoms with Gasteiger partial charge in [0.15, 0.2) is 0 Å². The number of aryl methyl sites for hydroxylation is 1. The van der Waals surface area contributed by atoms with E-state index in [2.05, 4.69) is 16.0 Å². The Hall–Kier alpha value is -3.98. The van der Waals surface area contributed by atoms with Gasteiger partial charge in [0.05, 0.1) is 13.2 Å². The highest BCUT2D eigenvalue weighted by atomic mass is 16.6. The molecular formula is C28H34B3N3O9. The maximum atomic E-state index is 11.7. The number of amides is 3. The zero-order chi connectivity index (χ0) is 31.7. The summed E-state index contributed by atoms with van der Waals surface area (Å²) in [4.78, 5) is 35.0. The van der Waals surface area contributed by atoms with Crippen LogP contribution >= 0.6 is 0 Å². The Bertz CT molecular complexity index is 1400. The molecule has 0 aliphatic carbocycles. The molecule has 3 aromatic rings. The van der Waals surface area contributed by atoms with Crippen molar-refractivity contribution >= 4 is 72.5 Å². The standard InChI is InChI=1S/C28H34B3N3O9/c1-5-20-6-9-23(32-17(2)37)12-26(20)29(40)42-31(28-14-25(34-19(4)39)11-8-22(28)16-36)43-30(41)27-13-24(33-18(3)38)10-7-21(27)15-35/h6-14,35-36,40-41H,5,15-16H2,1-4H3,(H,32,37)(H,33,38)(H,34,39). The highest BCUT2D eigenvalue weighted by Crippen LogP contribution is 2.15. The van der Waals surface area contributed by atoms with E-state index in [0.717, 1.165) is 0 Å². The summed E-state index contributed by atoms with van der Waals surface area (Å²) in [6.07, 6.45) is 0.514. The molecule has 224 valence electrons. The second-order valence-corrected chi connectivity index (χ2v) is 9.76. The lowest BCUT2D eigenvalue weighted by Gasteiger charge is -2.24. The second-order valence-electron chi connectivity index (χ2n) is 9.76. The van der Waals surface area contributed by atoms with Crippen LogP contribution < -0.4 is 32.3 Å². The van der Waals surface area contributed by atoms with E-state index in [1.165, 1.54) is 45.0 Å². The SMILES string of the molecule is CCc1ccc(NC(C)=O)cc1B(O)OB(OB(O)c1cc(NC(C)=O)ccc1CO)c1cc(NC(C)=O)ccc1CO. The molecule has 0 atom stereocenters. The Kier molecular flexibility index (Phi) is 12.1. The van der Waals surface area contributed by atoms with Gasteiger partial charge in [-0.2, -0.15) is 0 Å². The van der Waals surface area contributed by atoms with Crippen molar-refractivity contribution in [1.29, 1.82) is 0 Å². The highest BCUT2D eigenvalue weighted by Gasteiger charge is 2.36. The minimum absolute atomic E-state index is 0.113. The summed E-state index contributed by atoms with van der Waals surface area (Å²) in [6, 6.07) is 14.0. The van der Waals surface area contributed by atoms with E-state index in [1.807, 2.05) is 6.92 Å². The fourth-order valence-corrected chi connectivity index (χ4v) is 4.48. The van der Waals surface area contributed by atoms with Gasteiger partial charge in [-0.25, -0.2) is 0 Å². The largest absolute Gasteiger partial charge is 0.478 e. The lowest BCUT2D eigenvalue weighted by molar-refractivity contribution is -0.115. The van der Waals surface area contributed by atoms with E-state index in [-0.39, 0.29) is 28.6 Å². The van der Waals surface area contributed by atoms with E-state index < -0.39 is 34.6 Å². The summed E-state index contributed by atoms with van der Waals surface area (Å²) in [5.41, 5.74) is 3.05. The summed E-state index contributed by atoms with van der Waals surface area (Å²) in [7, 11) is -4.92. The maximum Gasteiger partial charge on any atom is 0.478 e. The van der Waals surface area contributed by atoms with Gasteiger partial charge in [0, 0.05) is 37.8 Å². The van der Waals surface area contributed by atoms with Crippen LogP contribution in [0.25, 0.3) is 0 Å². The van der Waals surface area contributed by atoms with Crippen LogP contribution in [0.15, 0.2) is 54.6 Å². The van der Waals surface area contributed by atoms with E-state index in [0.29, 0.717) is 45.6 Å². The summed E-state index contributed by atoms with van der Waals surface area (Å²) in [6.45, 7) is 4.95. The van der Waals surface area contributed by atoms with Crippen molar-refractivity contribution in [2.75, 3.05) is 16.0 Å². The number of nitrogens with one attached hydrogen (secondary N) is 3. The summed E-state index contributed by atoms with van der Waals surface area (Å²) in [5, 5.41) is 50.5. The number of carbonyl (C=O) groups is 3. The lowest BCUT2D eigenvalue weighted by atomic mass is 9.65. The molecule has 0 fully saturated rings. The third-order valence-electron chi connectivity index (χ3n) is 6.41. The van der Waals surface area contributed by atoms with Crippen LogP contribution in [0, 0.1) is 0 Å². The van der Waals surface area contributed by atoms with Crippen LogP contribution in [0.5, 0.6) is 0 Å². The number of rotatable bonds is 13. The first-order chi connectivity index (χ1) is 20.4. The molecule has 0 aromatic heterocycles. The lowest BCUT2D eigenvalue weighted by Crippen LogP contribution is -2.53. The number of aliphatic hydroxyl groups excluding tert-OH is 2. The number of aliphatic hydroxyl groups is 2. The smallest absolute Gasteiger partial charge is 0.444 e. The van der Waals surface area contributed by atoms with Crippen molar-refractivity contribution in [3.63, 3.8) is 0 Å². The van der Waals surface area contributed by atoms with Crippen molar-refractivity contribution in [2.24, 2.45) is 0 Å². The molecule has 3 amide bonds. The molecule has 0 saturated carbocycles. The molecule has 15 heteroatoms. The van der Waals surface area contributed by atoms with Crippen LogP contribution in [0.2, 0.25) is 0 Å². The van der Waals surface area contributed by atoms with Crippen LogP contribution in [0.3, 0.4) is 0 Å². The molecule has 0 heterocycles. The van der Waals surface area contributed by atoms with E-state index in [4.69, 9.17) is 9.14 Å². The first-order valence-corrected chi connectivity index (χ1v) is 13.6. The normalized spacial score (nSPS) is 10.6. The molecule has 0 aliphatic rings. The Labute approximate surface area is 250 Å². The summed E-state index contributed by atoms with van der Waals surface area (Å²) < 4.78 is 11.9. The van der Waals surface area contributed by atoms with Crippen LogP contribution in [-0.2, 0) is 43.2 Å². The zero-order valence-electron chi connectivity index (χ0n) is 24.4.